The van der Waals surface area contributed by atoms with Crippen LogP contribution in [0.2, 0.25) is 5.02 Å². The first-order valence-electron chi connectivity index (χ1n) is 10.8. The van der Waals surface area contributed by atoms with Crippen LogP contribution in [0.3, 0.4) is 0 Å². The molecule has 2 heterocycles. The number of nitriles is 2. The van der Waals surface area contributed by atoms with E-state index in [9.17, 15) is 10.5 Å². The average Bonchev–Trinajstić information content (AvgIpc) is 3.40. The van der Waals surface area contributed by atoms with E-state index in [1.54, 1.807) is 43.5 Å². The fraction of sp³-hybridized carbons (Fsp3) is 0.154. The summed E-state index contributed by atoms with van der Waals surface area (Å²) in [6, 6.07) is 18.6. The number of oxazole rings is 1. The fourth-order valence-electron chi connectivity index (χ4n) is 3.29. The standard InChI is InChI=1S/C24H16ClN5O2S.C2H6O2/c1-31-17-8-4-14(5-9-17)21-18(10-26)23(28)30-24(19(21)11-27)33-12-20-22(32-13-29-20)15-2-6-16(25)7-3-15;3-1-2-4/h2-9,13H,12H2,1H3,(H2,28,30);3-4H,1-2H2. The number of anilines is 1. The van der Waals surface area contributed by atoms with Crippen molar-refractivity contribution in [3.8, 4) is 40.3 Å². The molecule has 0 aliphatic heterocycles. The number of ether oxygens (including phenoxy) is 1. The van der Waals surface area contributed by atoms with Crippen molar-refractivity contribution in [3.05, 3.63) is 76.8 Å². The van der Waals surface area contributed by atoms with Crippen molar-refractivity contribution < 1.29 is 19.4 Å². The van der Waals surface area contributed by atoms with Crippen LogP contribution in [0.5, 0.6) is 5.75 Å². The molecule has 0 atom stereocenters. The first-order chi connectivity index (χ1) is 18.0. The van der Waals surface area contributed by atoms with E-state index in [0.717, 1.165) is 5.56 Å². The van der Waals surface area contributed by atoms with Gasteiger partial charge >= 0.3 is 0 Å². The molecule has 0 radical (unpaired) electrons. The topological polar surface area (TPSA) is 162 Å². The predicted octanol–water partition coefficient (Wildman–Crippen LogP) is 4.65. The molecule has 9 nitrogen and oxygen atoms in total. The van der Waals surface area contributed by atoms with E-state index in [0.29, 0.717) is 44.1 Å². The highest BCUT2D eigenvalue weighted by molar-refractivity contribution is 7.98. The van der Waals surface area contributed by atoms with Gasteiger partial charge in [0.05, 0.1) is 31.6 Å². The Kier molecular flexibility index (Phi) is 9.90. The number of methoxy groups -OCH3 is 1. The van der Waals surface area contributed by atoms with Crippen LogP contribution >= 0.6 is 23.4 Å². The highest BCUT2D eigenvalue weighted by atomic mass is 35.5. The number of nitrogen functional groups attached to an aromatic ring is 1. The molecule has 4 aromatic rings. The SMILES string of the molecule is COc1ccc(-c2c(C#N)c(N)nc(SCc3ncoc3-c3ccc(Cl)cc3)c2C#N)cc1.OCCO. The molecule has 0 saturated heterocycles. The maximum absolute atomic E-state index is 9.96. The van der Waals surface area contributed by atoms with Gasteiger partial charge < -0.3 is 25.1 Å². The minimum absolute atomic E-state index is 0.0582. The quantitative estimate of drug-likeness (QED) is 0.284. The van der Waals surface area contributed by atoms with Gasteiger partial charge in [-0.25, -0.2) is 9.97 Å². The molecule has 0 unspecified atom stereocenters. The second kappa shape index (κ2) is 13.3. The van der Waals surface area contributed by atoms with Gasteiger partial charge in [-0.2, -0.15) is 10.5 Å². The smallest absolute Gasteiger partial charge is 0.181 e. The Morgan fingerprint density at radius 1 is 1.00 bits per heavy atom. The maximum atomic E-state index is 9.96. The number of hydrogen-bond acceptors (Lipinski definition) is 10. The highest BCUT2D eigenvalue weighted by Gasteiger charge is 2.21. The molecule has 0 amide bonds. The molecule has 11 heteroatoms. The molecule has 2 aromatic carbocycles. The van der Waals surface area contributed by atoms with E-state index in [-0.39, 0.29) is 30.2 Å². The number of nitrogens with two attached hydrogens (primary N) is 1. The van der Waals surface area contributed by atoms with Crippen molar-refractivity contribution in [3.63, 3.8) is 0 Å². The largest absolute Gasteiger partial charge is 0.497 e. The highest BCUT2D eigenvalue weighted by Crippen LogP contribution is 2.38. The van der Waals surface area contributed by atoms with Crippen LogP contribution < -0.4 is 10.5 Å². The van der Waals surface area contributed by atoms with Gasteiger partial charge in [-0.1, -0.05) is 35.5 Å². The Morgan fingerprint density at radius 3 is 2.19 bits per heavy atom. The third-order valence-corrected chi connectivity index (χ3v) is 6.23. The van der Waals surface area contributed by atoms with Crippen LogP contribution in [-0.4, -0.2) is 40.5 Å². The summed E-state index contributed by atoms with van der Waals surface area (Å²) in [5, 5.41) is 35.9. The average molecular weight is 536 g/mol. The van der Waals surface area contributed by atoms with E-state index in [4.69, 9.17) is 36.7 Å². The van der Waals surface area contributed by atoms with Crippen LogP contribution in [-0.2, 0) is 5.75 Å². The zero-order valence-corrected chi connectivity index (χ0v) is 21.3. The minimum atomic E-state index is -0.125. The summed E-state index contributed by atoms with van der Waals surface area (Å²) in [6.07, 6.45) is 1.37. The Labute approximate surface area is 222 Å². The van der Waals surface area contributed by atoms with E-state index < -0.39 is 0 Å². The number of thioether (sulfide) groups is 1. The van der Waals surface area contributed by atoms with Crippen LogP contribution in [0, 0.1) is 22.7 Å². The minimum Gasteiger partial charge on any atom is -0.497 e. The lowest BCUT2D eigenvalue weighted by molar-refractivity contribution is 0.186. The normalized spacial score (nSPS) is 10.1. The summed E-state index contributed by atoms with van der Waals surface area (Å²) in [6.45, 7) is -0.250. The summed E-state index contributed by atoms with van der Waals surface area (Å²) in [5.74, 6) is 1.70. The molecular formula is C26H22ClN5O4S. The summed E-state index contributed by atoms with van der Waals surface area (Å²) in [4.78, 5) is 8.66. The zero-order valence-electron chi connectivity index (χ0n) is 19.7. The zero-order chi connectivity index (χ0) is 26.8. The van der Waals surface area contributed by atoms with E-state index in [1.807, 2.05) is 12.1 Å². The Morgan fingerprint density at radius 2 is 1.62 bits per heavy atom. The van der Waals surface area contributed by atoms with Crippen molar-refractivity contribution in [2.75, 3.05) is 26.1 Å². The predicted molar refractivity (Wildman–Crippen MR) is 141 cm³/mol. The van der Waals surface area contributed by atoms with Crippen molar-refractivity contribution in [1.82, 2.24) is 9.97 Å². The van der Waals surface area contributed by atoms with Gasteiger partial charge in [-0.3, -0.25) is 0 Å². The van der Waals surface area contributed by atoms with Crippen molar-refractivity contribution in [2.24, 2.45) is 0 Å². The Bertz CT molecular complexity index is 1430. The van der Waals surface area contributed by atoms with E-state index in [1.165, 1.54) is 18.2 Å². The van der Waals surface area contributed by atoms with Gasteiger partial charge in [-0.05, 0) is 42.0 Å². The summed E-state index contributed by atoms with van der Waals surface area (Å²) in [7, 11) is 1.57. The lowest BCUT2D eigenvalue weighted by Gasteiger charge is -2.13. The molecule has 0 saturated carbocycles. The second-order valence-corrected chi connectivity index (χ2v) is 8.65. The Hall–Kier alpha value is -4.06. The number of aromatic nitrogens is 2. The van der Waals surface area contributed by atoms with Gasteiger partial charge in [0, 0.05) is 21.9 Å². The van der Waals surface area contributed by atoms with Crippen LogP contribution in [0.4, 0.5) is 5.82 Å². The molecule has 0 aliphatic carbocycles. The molecule has 37 heavy (non-hydrogen) atoms. The van der Waals surface area contributed by atoms with Crippen LogP contribution in [0.1, 0.15) is 16.8 Å². The number of hydrogen-bond donors (Lipinski definition) is 3. The maximum Gasteiger partial charge on any atom is 0.181 e. The summed E-state index contributed by atoms with van der Waals surface area (Å²) < 4.78 is 10.8. The fourth-order valence-corrected chi connectivity index (χ4v) is 4.35. The van der Waals surface area contributed by atoms with Gasteiger partial charge in [0.25, 0.3) is 0 Å². The van der Waals surface area contributed by atoms with E-state index >= 15 is 0 Å². The molecule has 0 bridgehead atoms. The van der Waals surface area contributed by atoms with Crippen molar-refractivity contribution in [1.29, 1.82) is 10.5 Å². The lowest BCUT2D eigenvalue weighted by atomic mass is 9.97. The molecule has 188 valence electrons. The van der Waals surface area contributed by atoms with Crippen LogP contribution in [0.25, 0.3) is 22.5 Å². The lowest BCUT2D eigenvalue weighted by Crippen LogP contribution is -2.03. The molecule has 0 spiro atoms. The molecular weight excluding hydrogens is 514 g/mol. The number of nitrogens with zero attached hydrogens (tertiary/aromatic N) is 4. The first kappa shape index (κ1) is 27.5. The van der Waals surface area contributed by atoms with Gasteiger partial charge in [0.15, 0.2) is 12.2 Å². The molecule has 4 rings (SSSR count). The molecule has 4 N–H and O–H groups in total. The molecule has 0 fully saturated rings. The van der Waals surface area contributed by atoms with Crippen molar-refractivity contribution >= 4 is 29.2 Å². The second-order valence-electron chi connectivity index (χ2n) is 7.25. The third-order valence-electron chi connectivity index (χ3n) is 4.99. The molecule has 2 aromatic heterocycles. The molecule has 0 aliphatic rings. The van der Waals surface area contributed by atoms with Gasteiger partial charge in [0.2, 0.25) is 0 Å². The number of aliphatic hydroxyl groups excluding tert-OH is 2. The van der Waals surface area contributed by atoms with Crippen LogP contribution in [0.15, 0.2) is 64.4 Å². The number of aliphatic hydroxyl groups is 2. The number of rotatable bonds is 7. The van der Waals surface area contributed by atoms with Crippen molar-refractivity contribution in [2.45, 2.75) is 10.8 Å². The summed E-state index contributed by atoms with van der Waals surface area (Å²) in [5.41, 5.74) is 9.16. The van der Waals surface area contributed by atoms with Gasteiger partial charge in [-0.15, -0.1) is 0 Å². The van der Waals surface area contributed by atoms with E-state index in [2.05, 4.69) is 22.1 Å². The monoisotopic (exact) mass is 535 g/mol. The Balaban J connectivity index is 0.000000886. The summed E-state index contributed by atoms with van der Waals surface area (Å²) >= 11 is 7.27. The first-order valence-corrected chi connectivity index (χ1v) is 12.1. The number of pyridine rings is 1. The van der Waals surface area contributed by atoms with Gasteiger partial charge in [0.1, 0.15) is 34.3 Å². The number of halogens is 1. The third kappa shape index (κ3) is 6.58. The number of benzene rings is 2.